The molecular weight excluding hydrogens is 254 g/mol. The lowest BCUT2D eigenvalue weighted by atomic mass is 10.0. The van der Waals surface area contributed by atoms with E-state index in [2.05, 4.69) is 15.5 Å². The van der Waals surface area contributed by atoms with Crippen LogP contribution in [0.3, 0.4) is 0 Å². The van der Waals surface area contributed by atoms with E-state index in [1.807, 2.05) is 24.3 Å². The predicted octanol–water partition coefficient (Wildman–Crippen LogP) is 2.89. The lowest BCUT2D eigenvalue weighted by Crippen LogP contribution is -2.32. The van der Waals surface area contributed by atoms with Gasteiger partial charge in [-0.25, -0.2) is 4.99 Å². The zero-order valence-electron chi connectivity index (χ0n) is 10.5. The van der Waals surface area contributed by atoms with Crippen LogP contribution in [0.2, 0.25) is 0 Å². The van der Waals surface area contributed by atoms with Crippen LogP contribution in [0.25, 0.3) is 0 Å². The highest BCUT2D eigenvalue weighted by molar-refractivity contribution is 6.22. The Morgan fingerprint density at radius 3 is 2.45 bits per heavy atom. The number of rotatable bonds is 2. The minimum absolute atomic E-state index is 0.364. The van der Waals surface area contributed by atoms with Gasteiger partial charge in [-0.1, -0.05) is 42.5 Å². The molecule has 1 atom stereocenters. The van der Waals surface area contributed by atoms with Crippen molar-refractivity contribution in [2.75, 3.05) is 5.32 Å². The second-order valence-corrected chi connectivity index (χ2v) is 4.38. The number of hydrogen-bond acceptors (Lipinski definition) is 4. The summed E-state index contributed by atoms with van der Waals surface area (Å²) in [5.41, 5.74) is 2.27. The molecule has 0 spiro atoms. The standard InChI is InChI=1S/C15H11N3O2/c19-15-14(18-20)13(10-6-2-1-3-7-10)16-11-8-4-5-9-12(11)17-15/h1-9,14H,(H,17,19)/t14-/m1/s1. The zero-order valence-corrected chi connectivity index (χ0v) is 10.5. The summed E-state index contributed by atoms with van der Waals surface area (Å²) in [4.78, 5) is 27.6. The fourth-order valence-electron chi connectivity index (χ4n) is 2.12. The Morgan fingerprint density at radius 1 is 1.00 bits per heavy atom. The smallest absolute Gasteiger partial charge is 0.259 e. The summed E-state index contributed by atoms with van der Waals surface area (Å²) in [6.07, 6.45) is 0. The molecule has 1 N–H and O–H groups in total. The van der Waals surface area contributed by atoms with Gasteiger partial charge in [-0.05, 0) is 22.9 Å². The molecule has 0 saturated heterocycles. The number of nitrogens with one attached hydrogen (secondary N) is 1. The molecule has 0 radical (unpaired) electrons. The number of carbonyl (C=O) groups excluding carboxylic acids is 1. The Bertz CT molecular complexity index is 695. The summed E-state index contributed by atoms with van der Waals surface area (Å²) < 4.78 is 0. The first kappa shape index (κ1) is 12.2. The van der Waals surface area contributed by atoms with Crippen LogP contribution < -0.4 is 5.32 Å². The highest BCUT2D eigenvalue weighted by Gasteiger charge is 2.30. The van der Waals surface area contributed by atoms with Crippen LogP contribution in [0.4, 0.5) is 11.4 Å². The highest BCUT2D eigenvalue weighted by atomic mass is 16.3. The van der Waals surface area contributed by atoms with Gasteiger partial charge < -0.3 is 5.32 Å². The van der Waals surface area contributed by atoms with E-state index in [0.717, 1.165) is 0 Å². The summed E-state index contributed by atoms with van der Waals surface area (Å²) in [6.45, 7) is 0. The summed E-state index contributed by atoms with van der Waals surface area (Å²) in [7, 11) is 0. The summed E-state index contributed by atoms with van der Waals surface area (Å²) in [5.74, 6) is -0.465. The topological polar surface area (TPSA) is 70.9 Å². The molecule has 0 aromatic heterocycles. The molecule has 2 aromatic rings. The number of anilines is 1. The number of hydrogen-bond donors (Lipinski definition) is 1. The first-order valence-corrected chi connectivity index (χ1v) is 6.16. The first-order chi connectivity index (χ1) is 9.79. The van der Waals surface area contributed by atoms with Crippen LogP contribution in [0.1, 0.15) is 5.56 Å². The third kappa shape index (κ3) is 2.09. The average Bonchev–Trinajstić information content (AvgIpc) is 2.63. The minimum atomic E-state index is -1.15. The number of fused-ring (bicyclic) bond motifs is 1. The second kappa shape index (κ2) is 5.05. The maximum atomic E-state index is 12.1. The Kier molecular flexibility index (Phi) is 3.09. The molecule has 98 valence electrons. The van der Waals surface area contributed by atoms with Crippen molar-refractivity contribution in [3.63, 3.8) is 0 Å². The molecule has 5 nitrogen and oxygen atoms in total. The number of amides is 1. The molecule has 1 aliphatic rings. The third-order valence-electron chi connectivity index (χ3n) is 3.09. The molecule has 0 unspecified atom stereocenters. The SMILES string of the molecule is O=N[C@H]1C(=O)Nc2ccccc2N=C1c1ccccc1. The van der Waals surface area contributed by atoms with Gasteiger partial charge >= 0.3 is 0 Å². The number of para-hydroxylation sites is 2. The maximum absolute atomic E-state index is 12.1. The average molecular weight is 265 g/mol. The normalized spacial score (nSPS) is 17.5. The molecule has 0 saturated carbocycles. The third-order valence-corrected chi connectivity index (χ3v) is 3.09. The van der Waals surface area contributed by atoms with E-state index in [1.165, 1.54) is 0 Å². The molecule has 0 aliphatic carbocycles. The van der Waals surface area contributed by atoms with Gasteiger partial charge in [0.2, 0.25) is 6.04 Å². The second-order valence-electron chi connectivity index (χ2n) is 4.38. The minimum Gasteiger partial charge on any atom is -0.322 e. The van der Waals surface area contributed by atoms with E-state index in [-0.39, 0.29) is 0 Å². The van der Waals surface area contributed by atoms with Crippen molar-refractivity contribution in [1.82, 2.24) is 0 Å². The van der Waals surface area contributed by atoms with Gasteiger partial charge in [0.05, 0.1) is 17.1 Å². The number of benzene rings is 2. The van der Waals surface area contributed by atoms with Crippen LogP contribution in [-0.4, -0.2) is 17.7 Å². The summed E-state index contributed by atoms with van der Waals surface area (Å²) in [5, 5.41) is 5.61. The van der Waals surface area contributed by atoms with Gasteiger partial charge in [0.1, 0.15) is 0 Å². The maximum Gasteiger partial charge on any atom is 0.259 e. The van der Waals surface area contributed by atoms with Gasteiger partial charge in [0.15, 0.2) is 0 Å². The van der Waals surface area contributed by atoms with Gasteiger partial charge in [-0.2, -0.15) is 0 Å². The number of nitroso groups, excluding NO2 is 1. The van der Waals surface area contributed by atoms with E-state index in [0.29, 0.717) is 22.6 Å². The first-order valence-electron chi connectivity index (χ1n) is 6.16. The molecule has 0 bridgehead atoms. The van der Waals surface area contributed by atoms with Gasteiger partial charge in [-0.15, -0.1) is 4.91 Å². The van der Waals surface area contributed by atoms with Crippen LogP contribution in [0.15, 0.2) is 64.8 Å². The zero-order chi connectivity index (χ0) is 13.9. The van der Waals surface area contributed by atoms with Crippen LogP contribution in [-0.2, 0) is 4.79 Å². The fourth-order valence-corrected chi connectivity index (χ4v) is 2.12. The molecule has 0 fully saturated rings. The molecule has 20 heavy (non-hydrogen) atoms. The van der Waals surface area contributed by atoms with Gasteiger partial charge in [-0.3, -0.25) is 4.79 Å². The van der Waals surface area contributed by atoms with E-state index in [4.69, 9.17) is 0 Å². The van der Waals surface area contributed by atoms with Gasteiger partial charge in [0.25, 0.3) is 5.91 Å². The fraction of sp³-hybridized carbons (Fsp3) is 0.0667. The molecule has 1 aliphatic heterocycles. The van der Waals surface area contributed by atoms with E-state index in [9.17, 15) is 9.70 Å². The van der Waals surface area contributed by atoms with Crippen molar-refractivity contribution in [3.05, 3.63) is 65.1 Å². The van der Waals surface area contributed by atoms with Crippen molar-refractivity contribution in [3.8, 4) is 0 Å². The summed E-state index contributed by atoms with van der Waals surface area (Å²) in [6, 6.07) is 15.1. The van der Waals surface area contributed by atoms with Gasteiger partial charge in [0, 0.05) is 0 Å². The number of nitrogens with zero attached hydrogens (tertiary/aromatic N) is 2. The van der Waals surface area contributed by atoms with Crippen molar-refractivity contribution in [1.29, 1.82) is 0 Å². The highest BCUT2D eigenvalue weighted by Crippen LogP contribution is 2.29. The van der Waals surface area contributed by atoms with Crippen LogP contribution in [0.5, 0.6) is 0 Å². The molecular formula is C15H11N3O2. The van der Waals surface area contributed by atoms with Crippen molar-refractivity contribution in [2.24, 2.45) is 10.2 Å². The molecule has 1 amide bonds. The Hall–Kier alpha value is -2.82. The number of aliphatic imine (C=N–C) groups is 1. The lowest BCUT2D eigenvalue weighted by Gasteiger charge is -2.09. The Balaban J connectivity index is 2.19. The summed E-state index contributed by atoms with van der Waals surface area (Å²) >= 11 is 0. The van der Waals surface area contributed by atoms with Crippen LogP contribution in [0, 0.1) is 4.91 Å². The van der Waals surface area contributed by atoms with Crippen molar-refractivity contribution < 1.29 is 4.79 Å². The lowest BCUT2D eigenvalue weighted by molar-refractivity contribution is -0.116. The largest absolute Gasteiger partial charge is 0.322 e. The predicted molar refractivity (Wildman–Crippen MR) is 77.3 cm³/mol. The quantitative estimate of drug-likeness (QED) is 0.848. The molecule has 3 rings (SSSR count). The van der Waals surface area contributed by atoms with E-state index in [1.54, 1.807) is 30.3 Å². The monoisotopic (exact) mass is 265 g/mol. The Morgan fingerprint density at radius 2 is 1.70 bits per heavy atom. The Labute approximate surface area is 115 Å². The van der Waals surface area contributed by atoms with E-state index < -0.39 is 11.9 Å². The molecule has 2 aromatic carbocycles. The van der Waals surface area contributed by atoms with Crippen molar-refractivity contribution in [2.45, 2.75) is 6.04 Å². The van der Waals surface area contributed by atoms with E-state index >= 15 is 0 Å². The van der Waals surface area contributed by atoms with Crippen molar-refractivity contribution >= 4 is 23.0 Å². The molecule has 5 heteroatoms. The number of carbonyl (C=O) groups is 1. The molecule has 1 heterocycles. The van der Waals surface area contributed by atoms with Crippen LogP contribution >= 0.6 is 0 Å².